The van der Waals surface area contributed by atoms with E-state index in [1.807, 2.05) is 54.7 Å². The van der Waals surface area contributed by atoms with Crippen LogP contribution in [0, 0.1) is 0 Å². The number of nitrogens with zero attached hydrogens (tertiary/aromatic N) is 1. The first kappa shape index (κ1) is 24.3. The fraction of sp³-hybridized carbons (Fsp3) is 0.379. The number of hydrogen-bond acceptors (Lipinski definition) is 4. The summed E-state index contributed by atoms with van der Waals surface area (Å²) in [5, 5.41) is 4.17. The summed E-state index contributed by atoms with van der Waals surface area (Å²) >= 11 is 5.15. The molecule has 0 bridgehead atoms. The molecule has 1 heterocycles. The first-order valence-electron chi connectivity index (χ1n) is 12.6. The summed E-state index contributed by atoms with van der Waals surface area (Å²) in [6, 6.07) is 16.4. The van der Waals surface area contributed by atoms with Gasteiger partial charge in [0.15, 0.2) is 0 Å². The molecule has 1 saturated carbocycles. The Morgan fingerprint density at radius 1 is 1.00 bits per heavy atom. The number of ether oxygens (including phenoxy) is 1. The normalized spacial score (nSPS) is 16.3. The highest BCUT2D eigenvalue weighted by atomic mass is 79.9. The van der Waals surface area contributed by atoms with Crippen molar-refractivity contribution < 1.29 is 9.53 Å². The molecule has 0 radical (unpaired) electrons. The van der Waals surface area contributed by atoms with Crippen molar-refractivity contribution in [3.8, 4) is 5.75 Å². The SMILES string of the molecule is O=C(NC1CCCCC1)c1c(N=Cc2ccc(OCc3ccc(Br)cc3)cc2)sc2c1CCCC2. The monoisotopic (exact) mass is 550 g/mol. The average Bonchev–Trinajstić information content (AvgIpc) is 3.27. The number of benzene rings is 2. The van der Waals surface area contributed by atoms with E-state index in [9.17, 15) is 4.79 Å². The summed E-state index contributed by atoms with van der Waals surface area (Å²) in [5.41, 5.74) is 4.17. The fourth-order valence-corrected chi connectivity index (χ4v) is 6.41. The van der Waals surface area contributed by atoms with E-state index in [1.165, 1.54) is 36.1 Å². The summed E-state index contributed by atoms with van der Waals surface area (Å²) in [6.07, 6.45) is 12.1. The number of aryl methyl sites for hydroxylation is 1. The highest BCUT2D eigenvalue weighted by molar-refractivity contribution is 9.10. The van der Waals surface area contributed by atoms with E-state index in [-0.39, 0.29) is 5.91 Å². The zero-order chi connectivity index (χ0) is 24.0. The van der Waals surface area contributed by atoms with Crippen LogP contribution < -0.4 is 10.1 Å². The van der Waals surface area contributed by atoms with Gasteiger partial charge in [-0.3, -0.25) is 4.79 Å². The lowest BCUT2D eigenvalue weighted by Gasteiger charge is -2.23. The van der Waals surface area contributed by atoms with Crippen LogP contribution in [0.15, 0.2) is 58.0 Å². The highest BCUT2D eigenvalue weighted by Gasteiger charge is 2.27. The first-order chi connectivity index (χ1) is 17.2. The number of thiophene rings is 1. The Hall–Kier alpha value is -2.44. The zero-order valence-corrected chi connectivity index (χ0v) is 22.3. The molecule has 5 rings (SSSR count). The van der Waals surface area contributed by atoms with Crippen LogP contribution in [0.25, 0.3) is 0 Å². The molecule has 0 spiro atoms. The maximum absolute atomic E-state index is 13.3. The third kappa shape index (κ3) is 6.22. The minimum absolute atomic E-state index is 0.0696. The van der Waals surface area contributed by atoms with Crippen LogP contribution in [0.5, 0.6) is 5.75 Å². The molecule has 1 fully saturated rings. The second kappa shape index (κ2) is 11.5. The molecule has 182 valence electrons. The predicted octanol–water partition coefficient (Wildman–Crippen LogP) is 7.78. The van der Waals surface area contributed by atoms with Gasteiger partial charge in [-0.2, -0.15) is 0 Å². The van der Waals surface area contributed by atoms with Gasteiger partial charge in [0.25, 0.3) is 5.91 Å². The smallest absolute Gasteiger partial charge is 0.254 e. The van der Waals surface area contributed by atoms with Gasteiger partial charge in [0.2, 0.25) is 0 Å². The third-order valence-electron chi connectivity index (χ3n) is 6.85. The lowest BCUT2D eigenvalue weighted by atomic mass is 9.93. The van der Waals surface area contributed by atoms with Gasteiger partial charge >= 0.3 is 0 Å². The minimum Gasteiger partial charge on any atom is -0.489 e. The van der Waals surface area contributed by atoms with E-state index < -0.39 is 0 Å². The molecule has 0 atom stereocenters. The first-order valence-corrected chi connectivity index (χ1v) is 14.2. The molecule has 35 heavy (non-hydrogen) atoms. The molecular weight excluding hydrogens is 520 g/mol. The molecule has 0 unspecified atom stereocenters. The molecule has 1 amide bonds. The predicted molar refractivity (Wildman–Crippen MR) is 147 cm³/mol. The Kier molecular flexibility index (Phi) is 7.99. The van der Waals surface area contributed by atoms with Crippen molar-refractivity contribution in [1.29, 1.82) is 0 Å². The number of fused-ring (bicyclic) bond motifs is 1. The van der Waals surface area contributed by atoms with Gasteiger partial charge in [-0.25, -0.2) is 4.99 Å². The molecule has 4 nitrogen and oxygen atoms in total. The van der Waals surface area contributed by atoms with Crippen LogP contribution in [0.1, 0.15) is 76.9 Å². The third-order valence-corrected chi connectivity index (χ3v) is 8.58. The standard InChI is InChI=1S/C29H31BrN2O2S/c30-22-14-10-21(11-15-22)19-34-24-16-12-20(13-17-24)18-31-29-27(25-8-4-5-9-26(25)35-29)28(33)32-23-6-2-1-3-7-23/h10-18,23H,1-9,19H2,(H,32,33). The Morgan fingerprint density at radius 2 is 1.74 bits per heavy atom. The molecule has 2 aliphatic carbocycles. The molecular formula is C29H31BrN2O2S. The van der Waals surface area contributed by atoms with Gasteiger partial charge in [0.1, 0.15) is 17.4 Å². The van der Waals surface area contributed by atoms with Gasteiger partial charge in [-0.15, -0.1) is 11.3 Å². The van der Waals surface area contributed by atoms with E-state index in [2.05, 4.69) is 21.2 Å². The van der Waals surface area contributed by atoms with Crippen LogP contribution in [0.4, 0.5) is 5.00 Å². The number of aliphatic imine (C=N–C) groups is 1. The quantitative estimate of drug-likeness (QED) is 0.305. The lowest BCUT2D eigenvalue weighted by Crippen LogP contribution is -2.36. The van der Waals surface area contributed by atoms with Crippen molar-refractivity contribution in [2.45, 2.75) is 70.4 Å². The number of halogens is 1. The number of carbonyl (C=O) groups excluding carboxylic acids is 1. The summed E-state index contributed by atoms with van der Waals surface area (Å²) in [5.74, 6) is 0.893. The van der Waals surface area contributed by atoms with Crippen LogP contribution in [-0.4, -0.2) is 18.2 Å². The van der Waals surface area contributed by atoms with E-state index >= 15 is 0 Å². The number of carbonyl (C=O) groups is 1. The number of rotatable bonds is 7. The van der Waals surface area contributed by atoms with Gasteiger partial charge < -0.3 is 10.1 Å². The molecule has 1 aromatic heterocycles. The number of amides is 1. The van der Waals surface area contributed by atoms with Gasteiger partial charge in [-0.1, -0.05) is 47.3 Å². The van der Waals surface area contributed by atoms with Crippen molar-refractivity contribution in [1.82, 2.24) is 5.32 Å². The molecule has 1 N–H and O–H groups in total. The van der Waals surface area contributed by atoms with Gasteiger partial charge in [0, 0.05) is 21.6 Å². The van der Waals surface area contributed by atoms with Gasteiger partial charge in [-0.05, 0) is 91.6 Å². The van der Waals surface area contributed by atoms with Crippen LogP contribution in [0.2, 0.25) is 0 Å². The topological polar surface area (TPSA) is 50.7 Å². The highest BCUT2D eigenvalue weighted by Crippen LogP contribution is 2.40. The molecule has 3 aromatic rings. The van der Waals surface area contributed by atoms with E-state index in [0.29, 0.717) is 12.6 Å². The fourth-order valence-electron chi connectivity index (χ4n) is 4.91. The molecule has 0 aliphatic heterocycles. The van der Waals surface area contributed by atoms with Crippen LogP contribution in [0.3, 0.4) is 0 Å². The van der Waals surface area contributed by atoms with Crippen molar-refractivity contribution >= 4 is 44.4 Å². The van der Waals surface area contributed by atoms with Crippen molar-refractivity contribution in [3.05, 3.63) is 80.1 Å². The largest absolute Gasteiger partial charge is 0.489 e. The second-order valence-corrected chi connectivity index (χ2v) is 11.4. The van der Waals surface area contributed by atoms with Crippen molar-refractivity contribution in [2.75, 3.05) is 0 Å². The molecule has 2 aliphatic rings. The average molecular weight is 552 g/mol. The summed E-state index contributed by atoms with van der Waals surface area (Å²) in [6.45, 7) is 0.529. The zero-order valence-electron chi connectivity index (χ0n) is 19.9. The Labute approximate surface area is 220 Å². The Balaban J connectivity index is 1.28. The Morgan fingerprint density at radius 3 is 2.51 bits per heavy atom. The number of hydrogen-bond donors (Lipinski definition) is 1. The molecule has 2 aromatic carbocycles. The van der Waals surface area contributed by atoms with E-state index in [0.717, 1.165) is 64.0 Å². The Bertz CT molecular complexity index is 1180. The van der Waals surface area contributed by atoms with E-state index in [4.69, 9.17) is 9.73 Å². The molecule has 6 heteroatoms. The minimum atomic E-state index is 0.0696. The van der Waals surface area contributed by atoms with Crippen LogP contribution >= 0.6 is 27.3 Å². The maximum Gasteiger partial charge on any atom is 0.254 e. The summed E-state index contributed by atoms with van der Waals surface area (Å²) < 4.78 is 6.98. The van der Waals surface area contributed by atoms with Gasteiger partial charge in [0.05, 0.1) is 5.56 Å². The number of nitrogens with one attached hydrogen (secondary N) is 1. The van der Waals surface area contributed by atoms with Crippen molar-refractivity contribution in [3.63, 3.8) is 0 Å². The summed E-state index contributed by atoms with van der Waals surface area (Å²) in [7, 11) is 0. The van der Waals surface area contributed by atoms with Crippen LogP contribution in [-0.2, 0) is 19.4 Å². The van der Waals surface area contributed by atoms with Crippen molar-refractivity contribution in [2.24, 2.45) is 4.99 Å². The second-order valence-electron chi connectivity index (χ2n) is 9.44. The van der Waals surface area contributed by atoms with E-state index in [1.54, 1.807) is 11.3 Å². The molecule has 0 saturated heterocycles. The maximum atomic E-state index is 13.3. The lowest BCUT2D eigenvalue weighted by molar-refractivity contribution is 0.0927. The summed E-state index contributed by atoms with van der Waals surface area (Å²) in [4.78, 5) is 19.5.